The molecule has 0 N–H and O–H groups in total. The summed E-state index contributed by atoms with van der Waals surface area (Å²) in [6.07, 6.45) is 0. The van der Waals surface area contributed by atoms with E-state index in [0.29, 0.717) is 21.1 Å². The van der Waals surface area contributed by atoms with Gasteiger partial charge in [0.2, 0.25) is 0 Å². The van der Waals surface area contributed by atoms with Crippen molar-refractivity contribution in [3.05, 3.63) is 11.4 Å². The Hall–Kier alpha value is -0.680. The average molecular weight is 186 g/mol. The molecule has 0 saturated heterocycles. The van der Waals surface area contributed by atoms with Crippen LogP contribution in [-0.2, 0) is 0 Å². The molecule has 1 aromatic heterocycles. The monoisotopic (exact) mass is 186 g/mol. The lowest BCUT2D eigenvalue weighted by molar-refractivity contribution is 0.306. The van der Waals surface area contributed by atoms with Crippen LogP contribution in [0.25, 0.3) is 0 Å². The Balaban J connectivity index is 3.16. The van der Waals surface area contributed by atoms with Gasteiger partial charge >= 0.3 is 0 Å². The van der Waals surface area contributed by atoms with E-state index in [1.54, 1.807) is 13.8 Å². The van der Waals surface area contributed by atoms with E-state index in [2.05, 4.69) is 14.9 Å². The summed E-state index contributed by atoms with van der Waals surface area (Å²) >= 11 is 9.80. The molecule has 0 unspecified atom stereocenters. The van der Waals surface area contributed by atoms with Crippen LogP contribution in [0.3, 0.4) is 0 Å². The lowest BCUT2D eigenvalue weighted by Gasteiger charge is -1.90. The predicted molar refractivity (Wildman–Crippen MR) is 49.0 cm³/mol. The second kappa shape index (κ2) is 3.15. The standard InChI is InChI=1S/C6H6N2OS2/c1-3(10)5-6(4(2)11)8-9-7-5/h1-2H3. The Bertz CT molecular complexity index is 277. The normalized spacial score (nSPS) is 9.64. The van der Waals surface area contributed by atoms with Gasteiger partial charge in [0.05, 0.1) is 0 Å². The molecule has 0 bridgehead atoms. The summed E-state index contributed by atoms with van der Waals surface area (Å²) < 4.78 is 4.49. The number of hydrogen-bond donors (Lipinski definition) is 0. The summed E-state index contributed by atoms with van der Waals surface area (Å²) in [5, 5.41) is 7.24. The van der Waals surface area contributed by atoms with Crippen molar-refractivity contribution in [1.82, 2.24) is 10.3 Å². The third-order valence-corrected chi connectivity index (χ3v) is 1.54. The minimum atomic E-state index is 0.576. The molecule has 0 atom stereocenters. The summed E-state index contributed by atoms with van der Waals surface area (Å²) in [7, 11) is 0. The summed E-state index contributed by atoms with van der Waals surface area (Å²) in [6.45, 7) is 3.52. The molecule has 0 saturated carbocycles. The summed E-state index contributed by atoms with van der Waals surface area (Å²) in [5.74, 6) is 0. The first-order valence-electron chi connectivity index (χ1n) is 2.97. The quantitative estimate of drug-likeness (QED) is 0.517. The van der Waals surface area contributed by atoms with Crippen LogP contribution in [0.2, 0.25) is 0 Å². The minimum absolute atomic E-state index is 0.576. The molecular weight excluding hydrogens is 180 g/mol. The molecule has 1 aromatic rings. The van der Waals surface area contributed by atoms with Crippen molar-refractivity contribution >= 4 is 34.2 Å². The third kappa shape index (κ3) is 1.66. The Morgan fingerprint density at radius 3 is 1.73 bits per heavy atom. The van der Waals surface area contributed by atoms with Crippen molar-refractivity contribution in [3.8, 4) is 0 Å². The number of rotatable bonds is 2. The topological polar surface area (TPSA) is 38.9 Å². The predicted octanol–water partition coefficient (Wildman–Crippen LogP) is 1.55. The SMILES string of the molecule is CC(=S)c1nonc1C(C)=S. The molecule has 11 heavy (non-hydrogen) atoms. The van der Waals surface area contributed by atoms with Crippen LogP contribution in [-0.4, -0.2) is 20.0 Å². The molecular formula is C6H6N2OS2. The van der Waals surface area contributed by atoms with Crippen LogP contribution in [0.5, 0.6) is 0 Å². The first-order chi connectivity index (χ1) is 5.13. The lowest BCUT2D eigenvalue weighted by atomic mass is 10.2. The number of hydrogen-bond acceptors (Lipinski definition) is 5. The fourth-order valence-electron chi connectivity index (χ4n) is 0.651. The average Bonchev–Trinajstić information content (AvgIpc) is 2.32. The molecule has 0 amide bonds. The van der Waals surface area contributed by atoms with Crippen LogP contribution < -0.4 is 0 Å². The maximum absolute atomic E-state index is 4.90. The van der Waals surface area contributed by atoms with Crippen molar-refractivity contribution in [2.75, 3.05) is 0 Å². The van der Waals surface area contributed by atoms with E-state index >= 15 is 0 Å². The molecule has 0 aliphatic rings. The zero-order valence-electron chi connectivity index (χ0n) is 6.12. The highest BCUT2D eigenvalue weighted by Gasteiger charge is 2.12. The lowest BCUT2D eigenvalue weighted by Crippen LogP contribution is -2.01. The second-order valence-electron chi connectivity index (χ2n) is 2.07. The smallest absolute Gasteiger partial charge is 0.149 e. The van der Waals surface area contributed by atoms with Crippen molar-refractivity contribution in [2.45, 2.75) is 13.8 Å². The van der Waals surface area contributed by atoms with Gasteiger partial charge in [0, 0.05) is 9.73 Å². The van der Waals surface area contributed by atoms with Gasteiger partial charge in [0.15, 0.2) is 0 Å². The molecule has 5 heteroatoms. The van der Waals surface area contributed by atoms with Crippen molar-refractivity contribution in [1.29, 1.82) is 0 Å². The van der Waals surface area contributed by atoms with Gasteiger partial charge in [-0.3, -0.25) is 0 Å². The molecule has 0 aliphatic heterocycles. The summed E-state index contributed by atoms with van der Waals surface area (Å²) in [6, 6.07) is 0. The highest BCUT2D eigenvalue weighted by Crippen LogP contribution is 2.05. The van der Waals surface area contributed by atoms with Gasteiger partial charge < -0.3 is 0 Å². The molecule has 3 nitrogen and oxygen atoms in total. The first-order valence-corrected chi connectivity index (χ1v) is 3.79. The fraction of sp³-hybridized carbons (Fsp3) is 0.333. The molecule has 0 aromatic carbocycles. The van der Waals surface area contributed by atoms with Crippen molar-refractivity contribution in [2.24, 2.45) is 0 Å². The summed E-state index contributed by atoms with van der Waals surface area (Å²) in [5.41, 5.74) is 1.15. The second-order valence-corrected chi connectivity index (χ2v) is 3.30. The van der Waals surface area contributed by atoms with Gasteiger partial charge in [-0.05, 0) is 24.2 Å². The number of aromatic nitrogens is 2. The van der Waals surface area contributed by atoms with E-state index in [1.807, 2.05) is 0 Å². The van der Waals surface area contributed by atoms with E-state index in [-0.39, 0.29) is 0 Å². The van der Waals surface area contributed by atoms with Gasteiger partial charge in [-0.25, -0.2) is 4.63 Å². The zero-order chi connectivity index (χ0) is 8.43. The van der Waals surface area contributed by atoms with Crippen molar-refractivity contribution < 1.29 is 4.63 Å². The number of thiocarbonyl (C=S) groups is 2. The molecule has 0 aliphatic carbocycles. The summed E-state index contributed by atoms with van der Waals surface area (Å²) in [4.78, 5) is 1.29. The largest absolute Gasteiger partial charge is 0.243 e. The number of nitrogens with zero attached hydrogens (tertiary/aromatic N) is 2. The van der Waals surface area contributed by atoms with Gasteiger partial charge in [-0.15, -0.1) is 0 Å². The van der Waals surface area contributed by atoms with E-state index in [9.17, 15) is 0 Å². The van der Waals surface area contributed by atoms with Gasteiger partial charge in [-0.1, -0.05) is 24.4 Å². The molecule has 58 valence electrons. The van der Waals surface area contributed by atoms with Crippen LogP contribution in [0, 0.1) is 0 Å². The van der Waals surface area contributed by atoms with Crippen LogP contribution in [0.15, 0.2) is 4.63 Å². The van der Waals surface area contributed by atoms with Crippen LogP contribution >= 0.6 is 24.4 Å². The molecule has 0 radical (unpaired) electrons. The maximum Gasteiger partial charge on any atom is 0.149 e. The van der Waals surface area contributed by atoms with Crippen molar-refractivity contribution in [3.63, 3.8) is 0 Å². The molecule has 0 spiro atoms. The Labute approximate surface area is 74.7 Å². The zero-order valence-corrected chi connectivity index (χ0v) is 7.75. The van der Waals surface area contributed by atoms with Gasteiger partial charge in [0.25, 0.3) is 0 Å². The highest BCUT2D eigenvalue weighted by molar-refractivity contribution is 7.81. The minimum Gasteiger partial charge on any atom is -0.243 e. The van der Waals surface area contributed by atoms with Gasteiger partial charge in [-0.2, -0.15) is 0 Å². The highest BCUT2D eigenvalue weighted by atomic mass is 32.1. The van der Waals surface area contributed by atoms with E-state index in [1.165, 1.54) is 0 Å². The fourth-order valence-corrected chi connectivity index (χ4v) is 0.918. The third-order valence-electron chi connectivity index (χ3n) is 1.16. The molecule has 1 heterocycles. The van der Waals surface area contributed by atoms with E-state index in [4.69, 9.17) is 24.4 Å². The van der Waals surface area contributed by atoms with Crippen LogP contribution in [0.4, 0.5) is 0 Å². The Morgan fingerprint density at radius 1 is 1.09 bits per heavy atom. The van der Waals surface area contributed by atoms with E-state index < -0.39 is 0 Å². The maximum atomic E-state index is 4.90. The van der Waals surface area contributed by atoms with Crippen LogP contribution in [0.1, 0.15) is 25.2 Å². The Morgan fingerprint density at radius 2 is 1.45 bits per heavy atom. The van der Waals surface area contributed by atoms with E-state index in [0.717, 1.165) is 0 Å². The van der Waals surface area contributed by atoms with Gasteiger partial charge in [0.1, 0.15) is 11.4 Å². The Kier molecular flexibility index (Phi) is 2.41. The molecule has 1 rings (SSSR count). The molecule has 0 fully saturated rings. The first kappa shape index (κ1) is 8.42.